The average molecular weight is 295 g/mol. The summed E-state index contributed by atoms with van der Waals surface area (Å²) in [6.45, 7) is 8.17. The van der Waals surface area contributed by atoms with Crippen LogP contribution >= 0.6 is 11.6 Å². The molecule has 1 aromatic carbocycles. The van der Waals surface area contributed by atoms with Crippen molar-refractivity contribution >= 4 is 22.6 Å². The molecule has 1 saturated carbocycles. The highest BCUT2D eigenvalue weighted by molar-refractivity contribution is 6.20. The van der Waals surface area contributed by atoms with Gasteiger partial charge in [0.25, 0.3) is 0 Å². The first-order valence-electron chi connectivity index (χ1n) is 7.15. The number of benzene rings is 1. The Morgan fingerprint density at radius 2 is 2.05 bits per heavy atom. The molecule has 0 spiro atoms. The van der Waals surface area contributed by atoms with Gasteiger partial charge in [0, 0.05) is 11.6 Å². The molecule has 1 aliphatic carbocycles. The zero-order chi connectivity index (χ0) is 14.7. The minimum atomic E-state index is -0.208. The Morgan fingerprint density at radius 3 is 2.60 bits per heavy atom. The molecule has 2 nitrogen and oxygen atoms in total. The van der Waals surface area contributed by atoms with Crippen LogP contribution < -0.4 is 0 Å². The van der Waals surface area contributed by atoms with Gasteiger partial charge in [0.05, 0.1) is 16.4 Å². The standard InChI is InChI=1S/C16H20ClFN2/c1-9-7-14-13(8-12(9)18)19-15(10(2)17)20(14)16(3,4)11-5-6-11/h7-8,10-11H,5-6H2,1-4H3. The van der Waals surface area contributed by atoms with Crippen LogP contribution in [0.25, 0.3) is 11.0 Å². The molecule has 0 bridgehead atoms. The Labute approximate surface area is 123 Å². The molecule has 1 aliphatic rings. The van der Waals surface area contributed by atoms with Gasteiger partial charge in [0.1, 0.15) is 11.6 Å². The van der Waals surface area contributed by atoms with E-state index in [0.29, 0.717) is 17.0 Å². The van der Waals surface area contributed by atoms with Crippen LogP contribution in [0, 0.1) is 18.7 Å². The first-order chi connectivity index (χ1) is 9.32. The Kier molecular flexibility index (Phi) is 3.09. The smallest absolute Gasteiger partial charge is 0.128 e. The number of aryl methyl sites for hydroxylation is 1. The Hall–Kier alpha value is -1.09. The minimum absolute atomic E-state index is 0.0303. The van der Waals surface area contributed by atoms with E-state index >= 15 is 0 Å². The van der Waals surface area contributed by atoms with Gasteiger partial charge in [-0.15, -0.1) is 11.6 Å². The molecule has 1 atom stereocenters. The van der Waals surface area contributed by atoms with Crippen molar-refractivity contribution in [1.82, 2.24) is 9.55 Å². The van der Waals surface area contributed by atoms with Crippen molar-refractivity contribution < 1.29 is 4.39 Å². The first-order valence-corrected chi connectivity index (χ1v) is 7.59. The van der Waals surface area contributed by atoms with Gasteiger partial charge in [-0.2, -0.15) is 0 Å². The number of hydrogen-bond donors (Lipinski definition) is 0. The molecular weight excluding hydrogens is 275 g/mol. The van der Waals surface area contributed by atoms with Crippen molar-refractivity contribution in [1.29, 1.82) is 0 Å². The normalized spacial score (nSPS) is 17.7. The van der Waals surface area contributed by atoms with Crippen LogP contribution in [0.15, 0.2) is 12.1 Å². The molecule has 0 aliphatic heterocycles. The second kappa shape index (κ2) is 4.45. The predicted octanol–water partition coefficient (Wildman–Crippen LogP) is 4.93. The number of alkyl halides is 1. The van der Waals surface area contributed by atoms with E-state index < -0.39 is 0 Å². The summed E-state index contributed by atoms with van der Waals surface area (Å²) in [6, 6.07) is 3.41. The fourth-order valence-electron chi connectivity index (χ4n) is 3.07. The van der Waals surface area contributed by atoms with Gasteiger partial charge in [-0.25, -0.2) is 9.37 Å². The number of hydrogen-bond acceptors (Lipinski definition) is 1. The molecule has 0 saturated heterocycles. The molecule has 1 unspecified atom stereocenters. The summed E-state index contributed by atoms with van der Waals surface area (Å²) in [5.41, 5.74) is 2.31. The average Bonchev–Trinajstić information content (AvgIpc) is 3.13. The number of rotatable bonds is 3. The summed E-state index contributed by atoms with van der Waals surface area (Å²) in [5.74, 6) is 1.28. The largest absolute Gasteiger partial charge is 0.321 e. The van der Waals surface area contributed by atoms with Crippen molar-refractivity contribution in [2.45, 2.75) is 51.5 Å². The Bertz CT molecular complexity index is 669. The lowest BCUT2D eigenvalue weighted by molar-refractivity contribution is 0.304. The number of nitrogens with zero attached hydrogens (tertiary/aromatic N) is 2. The van der Waals surface area contributed by atoms with E-state index in [4.69, 9.17) is 11.6 Å². The molecule has 0 N–H and O–H groups in total. The number of fused-ring (bicyclic) bond motifs is 1. The highest BCUT2D eigenvalue weighted by Gasteiger charge is 2.41. The predicted molar refractivity (Wildman–Crippen MR) is 80.7 cm³/mol. The molecule has 20 heavy (non-hydrogen) atoms. The van der Waals surface area contributed by atoms with E-state index in [1.807, 2.05) is 13.0 Å². The van der Waals surface area contributed by atoms with E-state index in [0.717, 1.165) is 11.3 Å². The Morgan fingerprint density at radius 1 is 1.40 bits per heavy atom. The molecule has 3 rings (SSSR count). The molecule has 1 heterocycles. The third kappa shape index (κ3) is 2.03. The van der Waals surface area contributed by atoms with Gasteiger partial charge in [0.2, 0.25) is 0 Å². The quantitative estimate of drug-likeness (QED) is 0.734. The second-order valence-electron chi connectivity index (χ2n) is 6.44. The third-order valence-electron chi connectivity index (χ3n) is 4.47. The van der Waals surface area contributed by atoms with Crippen LogP contribution in [0.2, 0.25) is 0 Å². The maximum atomic E-state index is 13.8. The number of imidazole rings is 1. The fraction of sp³-hybridized carbons (Fsp3) is 0.562. The SMILES string of the molecule is Cc1cc2c(cc1F)nc(C(C)Cl)n2C(C)(C)C1CC1. The zero-order valence-corrected chi connectivity index (χ0v) is 13.1. The summed E-state index contributed by atoms with van der Waals surface area (Å²) in [7, 11) is 0. The summed E-state index contributed by atoms with van der Waals surface area (Å²) in [5, 5.41) is -0.191. The topological polar surface area (TPSA) is 17.8 Å². The van der Waals surface area contributed by atoms with Crippen LogP contribution in [-0.4, -0.2) is 9.55 Å². The highest BCUT2D eigenvalue weighted by atomic mass is 35.5. The number of aromatic nitrogens is 2. The van der Waals surface area contributed by atoms with Crippen molar-refractivity contribution in [3.63, 3.8) is 0 Å². The van der Waals surface area contributed by atoms with Crippen LogP contribution in [0.4, 0.5) is 4.39 Å². The summed E-state index contributed by atoms with van der Waals surface area (Å²) >= 11 is 6.31. The van der Waals surface area contributed by atoms with E-state index in [1.54, 1.807) is 6.92 Å². The fourth-order valence-corrected chi connectivity index (χ4v) is 3.21. The zero-order valence-electron chi connectivity index (χ0n) is 12.4. The van der Waals surface area contributed by atoms with Crippen LogP contribution in [0.5, 0.6) is 0 Å². The van der Waals surface area contributed by atoms with Crippen LogP contribution in [0.1, 0.15) is 50.4 Å². The Balaban J connectivity index is 2.31. The van der Waals surface area contributed by atoms with Gasteiger partial charge in [-0.05, 0) is 58.1 Å². The van der Waals surface area contributed by atoms with Gasteiger partial charge < -0.3 is 4.57 Å². The van der Waals surface area contributed by atoms with Crippen molar-refractivity contribution in [2.24, 2.45) is 5.92 Å². The van der Waals surface area contributed by atoms with Gasteiger partial charge in [0.15, 0.2) is 0 Å². The van der Waals surface area contributed by atoms with E-state index in [-0.39, 0.29) is 16.7 Å². The molecule has 1 aromatic heterocycles. The first kappa shape index (κ1) is 13.9. The maximum Gasteiger partial charge on any atom is 0.128 e. The molecule has 0 amide bonds. The van der Waals surface area contributed by atoms with E-state index in [2.05, 4.69) is 23.4 Å². The molecular formula is C16H20ClFN2. The van der Waals surface area contributed by atoms with Crippen molar-refractivity contribution in [2.75, 3.05) is 0 Å². The second-order valence-corrected chi connectivity index (χ2v) is 7.09. The highest BCUT2D eigenvalue weighted by Crippen LogP contribution is 2.46. The third-order valence-corrected chi connectivity index (χ3v) is 4.66. The summed E-state index contributed by atoms with van der Waals surface area (Å²) in [4.78, 5) is 4.58. The maximum absolute atomic E-state index is 13.8. The molecule has 0 radical (unpaired) electrons. The lowest BCUT2D eigenvalue weighted by Gasteiger charge is -2.30. The molecule has 108 valence electrons. The molecule has 2 aromatic rings. The molecule has 4 heteroatoms. The van der Waals surface area contributed by atoms with Crippen molar-refractivity contribution in [3.8, 4) is 0 Å². The minimum Gasteiger partial charge on any atom is -0.321 e. The van der Waals surface area contributed by atoms with E-state index in [1.165, 1.54) is 18.9 Å². The van der Waals surface area contributed by atoms with Gasteiger partial charge in [-0.3, -0.25) is 0 Å². The molecule has 1 fully saturated rings. The van der Waals surface area contributed by atoms with Gasteiger partial charge >= 0.3 is 0 Å². The van der Waals surface area contributed by atoms with Crippen molar-refractivity contribution in [3.05, 3.63) is 29.3 Å². The lowest BCUT2D eigenvalue weighted by atomic mass is 9.97. The summed E-state index contributed by atoms with van der Waals surface area (Å²) < 4.78 is 16.0. The van der Waals surface area contributed by atoms with Crippen LogP contribution in [0.3, 0.4) is 0 Å². The lowest BCUT2D eigenvalue weighted by Crippen LogP contribution is -2.30. The van der Waals surface area contributed by atoms with E-state index in [9.17, 15) is 4.39 Å². The van der Waals surface area contributed by atoms with Crippen LogP contribution in [-0.2, 0) is 5.54 Å². The van der Waals surface area contributed by atoms with Gasteiger partial charge in [-0.1, -0.05) is 0 Å². The summed E-state index contributed by atoms with van der Waals surface area (Å²) in [6.07, 6.45) is 2.48. The number of halogens is 2. The monoisotopic (exact) mass is 294 g/mol.